The van der Waals surface area contributed by atoms with Gasteiger partial charge in [-0.2, -0.15) is 0 Å². The van der Waals surface area contributed by atoms with Gasteiger partial charge in [-0.05, 0) is 59.8 Å². The summed E-state index contributed by atoms with van der Waals surface area (Å²) in [4.78, 5) is 16.3. The van der Waals surface area contributed by atoms with E-state index in [4.69, 9.17) is 4.74 Å². The van der Waals surface area contributed by atoms with E-state index in [2.05, 4.69) is 47.4 Å². The minimum absolute atomic E-state index is 0. The molecule has 5 aromatic rings. The van der Waals surface area contributed by atoms with E-state index >= 15 is 0 Å². The number of hydrogen-bond donors (Lipinski definition) is 1. The molecule has 0 aliphatic carbocycles. The van der Waals surface area contributed by atoms with Crippen molar-refractivity contribution >= 4 is 38.2 Å². The topological polar surface area (TPSA) is 59.4 Å². The maximum absolute atomic E-state index is 11.7. The number of ether oxygens (including phenoxy) is 1. The normalized spacial score (nSPS) is 12.1. The Labute approximate surface area is 255 Å². The fraction of sp³-hybridized carbons (Fsp3) is 0.278. The van der Waals surface area contributed by atoms with Gasteiger partial charge in [0, 0.05) is 55.0 Å². The van der Waals surface area contributed by atoms with Gasteiger partial charge in [-0.3, -0.25) is 4.79 Å². The molecule has 4 aromatic carbocycles. The molecule has 0 amide bonds. The van der Waals surface area contributed by atoms with E-state index in [0.29, 0.717) is 0 Å². The minimum atomic E-state index is 0. The molecule has 1 aromatic heterocycles. The van der Waals surface area contributed by atoms with Crippen molar-refractivity contribution in [1.29, 1.82) is 0 Å². The summed E-state index contributed by atoms with van der Waals surface area (Å²) >= 11 is 0. The smallest absolute Gasteiger partial charge is 0.162 e. The molecule has 0 spiro atoms. The number of allylic oxidation sites excluding steroid dienone is 2. The van der Waals surface area contributed by atoms with Gasteiger partial charge in [0.1, 0.15) is 11.5 Å². The van der Waals surface area contributed by atoms with Gasteiger partial charge < -0.3 is 14.8 Å². The molecule has 0 bridgehead atoms. The molecule has 5 heteroatoms. The number of benzene rings is 4. The zero-order chi connectivity index (χ0) is 28.2. The first-order valence-electron chi connectivity index (χ1n) is 14.4. The molecule has 1 radical (unpaired) electrons. The summed E-state index contributed by atoms with van der Waals surface area (Å²) in [6.45, 7) is 8.07. The Morgan fingerprint density at radius 2 is 1.59 bits per heavy atom. The van der Waals surface area contributed by atoms with Crippen LogP contribution in [0.2, 0.25) is 0 Å². The van der Waals surface area contributed by atoms with E-state index in [1.54, 1.807) is 0 Å². The molecule has 41 heavy (non-hydrogen) atoms. The van der Waals surface area contributed by atoms with Crippen molar-refractivity contribution in [1.82, 2.24) is 4.98 Å². The number of pyridine rings is 1. The van der Waals surface area contributed by atoms with Gasteiger partial charge in [0.05, 0.1) is 5.76 Å². The number of aliphatic hydroxyl groups is 1. The number of nitrogens with zero attached hydrogens (tertiary/aromatic N) is 1. The van der Waals surface area contributed by atoms with Gasteiger partial charge in [0.15, 0.2) is 5.78 Å². The number of aromatic nitrogens is 1. The molecule has 0 saturated heterocycles. The average Bonchev–Trinajstić information content (AvgIpc) is 2.99. The Bertz CT molecular complexity index is 1710. The van der Waals surface area contributed by atoms with E-state index in [1.807, 2.05) is 64.2 Å². The third-order valence-corrected chi connectivity index (χ3v) is 8.07. The maximum Gasteiger partial charge on any atom is 0.162 e. The first-order chi connectivity index (χ1) is 19.5. The molecule has 1 aliphatic rings. The van der Waals surface area contributed by atoms with Crippen LogP contribution in [-0.2, 0) is 24.9 Å². The quantitative estimate of drug-likeness (QED) is 0.0772. The molecule has 0 saturated carbocycles. The van der Waals surface area contributed by atoms with Crippen molar-refractivity contribution in [2.45, 2.75) is 53.4 Å². The van der Waals surface area contributed by atoms with Crippen molar-refractivity contribution < 1.29 is 34.7 Å². The molecule has 0 atom stereocenters. The molecule has 2 heterocycles. The van der Waals surface area contributed by atoms with Gasteiger partial charge in [-0.15, -0.1) is 29.7 Å². The largest absolute Gasteiger partial charge is 0.512 e. The number of fused-ring (bicyclic) bond motifs is 7. The van der Waals surface area contributed by atoms with Crippen molar-refractivity contribution in [3.63, 3.8) is 0 Å². The molecule has 4 nitrogen and oxygen atoms in total. The van der Waals surface area contributed by atoms with Crippen LogP contribution in [0.3, 0.4) is 0 Å². The third kappa shape index (κ3) is 5.80. The third-order valence-electron chi connectivity index (χ3n) is 8.07. The SMILES string of the molecule is CCC(CC)C(=O)/C=C(\O)C(CC)CC.[Ir].[c-]1cccc2c3c(c4cccnc4c12)Oc1cccc2cccc-3c12. The molecule has 0 fully saturated rings. The van der Waals surface area contributed by atoms with Gasteiger partial charge in [0.2, 0.25) is 0 Å². The van der Waals surface area contributed by atoms with Crippen molar-refractivity contribution in [3.05, 3.63) is 90.8 Å². The summed E-state index contributed by atoms with van der Waals surface area (Å²) in [6.07, 6.45) is 6.73. The summed E-state index contributed by atoms with van der Waals surface area (Å²) < 4.78 is 6.42. The fourth-order valence-corrected chi connectivity index (χ4v) is 5.75. The second-order valence-electron chi connectivity index (χ2n) is 10.3. The second kappa shape index (κ2) is 13.4. The van der Waals surface area contributed by atoms with Gasteiger partial charge in [-0.25, -0.2) is 0 Å². The molecule has 6 rings (SSSR count). The average molecular weight is 723 g/mol. The molecule has 0 unspecified atom stereocenters. The Morgan fingerprint density at radius 3 is 2.29 bits per heavy atom. The van der Waals surface area contributed by atoms with Gasteiger partial charge >= 0.3 is 0 Å². The Morgan fingerprint density at radius 1 is 0.902 bits per heavy atom. The van der Waals surface area contributed by atoms with Crippen molar-refractivity contribution in [2.75, 3.05) is 0 Å². The Kier molecular flexibility index (Phi) is 9.96. The van der Waals surface area contributed by atoms with Crippen LogP contribution in [0.4, 0.5) is 0 Å². The van der Waals surface area contributed by atoms with Crippen LogP contribution in [0, 0.1) is 17.9 Å². The monoisotopic (exact) mass is 723 g/mol. The van der Waals surface area contributed by atoms with E-state index in [1.165, 1.54) is 22.4 Å². The number of aliphatic hydroxyl groups excluding tert-OH is 1. The predicted octanol–water partition coefficient (Wildman–Crippen LogP) is 9.98. The number of ketones is 1. The summed E-state index contributed by atoms with van der Waals surface area (Å²) in [5, 5.41) is 15.3. The molecular formula is C36H36IrNO3-. The van der Waals surface area contributed by atoms with Crippen LogP contribution in [0.25, 0.3) is 43.6 Å². The molecule has 213 valence electrons. The Balaban J connectivity index is 0.000000212. The Hall–Kier alpha value is -3.53. The molecule has 1 aliphatic heterocycles. The van der Waals surface area contributed by atoms with Crippen LogP contribution in [-0.4, -0.2) is 15.9 Å². The standard InChI is InChI=1S/C23H12NO.C13H24O2.Ir/c1-2-9-16-15(8-1)21-17-10-3-6-14-7-4-12-19(20(14)17)25-23(21)18-11-5-13-24-22(16)18;1-5-10(6-2)12(14)9-13(15)11(7-3)8-4;/h1-8,10-13H;9-11,14H,5-8H2,1-4H3;/q-1;;/b;12-9-;. The zero-order valence-electron chi connectivity index (χ0n) is 24.0. The molecular weight excluding hydrogens is 687 g/mol. The molecule has 1 N–H and O–H groups in total. The van der Waals surface area contributed by atoms with E-state index in [0.717, 1.165) is 64.4 Å². The number of carbonyl (C=O) groups is 1. The summed E-state index contributed by atoms with van der Waals surface area (Å²) in [7, 11) is 0. The number of carbonyl (C=O) groups excluding carboxylic acids is 1. The van der Waals surface area contributed by atoms with Crippen LogP contribution in [0.15, 0.2) is 84.8 Å². The summed E-state index contributed by atoms with van der Waals surface area (Å²) in [5.41, 5.74) is 3.28. The minimum Gasteiger partial charge on any atom is -0.512 e. The van der Waals surface area contributed by atoms with Crippen LogP contribution < -0.4 is 4.74 Å². The second-order valence-corrected chi connectivity index (χ2v) is 10.3. The van der Waals surface area contributed by atoms with Crippen molar-refractivity contribution in [3.8, 4) is 22.6 Å². The zero-order valence-corrected chi connectivity index (χ0v) is 26.4. The van der Waals surface area contributed by atoms with Gasteiger partial charge in [-0.1, -0.05) is 69.5 Å². The number of hydrogen-bond acceptors (Lipinski definition) is 4. The summed E-state index contributed by atoms with van der Waals surface area (Å²) in [5.74, 6) is 2.34. The summed E-state index contributed by atoms with van der Waals surface area (Å²) in [6, 6.07) is 26.2. The van der Waals surface area contributed by atoms with Gasteiger partial charge in [0.25, 0.3) is 0 Å². The number of rotatable bonds is 7. The first kappa shape index (κ1) is 30.4. The van der Waals surface area contributed by atoms with Crippen molar-refractivity contribution in [2.24, 2.45) is 11.8 Å². The van der Waals surface area contributed by atoms with E-state index < -0.39 is 0 Å². The first-order valence-corrected chi connectivity index (χ1v) is 14.4. The van der Waals surface area contributed by atoms with E-state index in [-0.39, 0.29) is 43.5 Å². The van der Waals surface area contributed by atoms with Crippen LogP contribution in [0.1, 0.15) is 53.4 Å². The predicted molar refractivity (Wildman–Crippen MR) is 165 cm³/mol. The van der Waals surface area contributed by atoms with Crippen LogP contribution >= 0.6 is 0 Å². The maximum atomic E-state index is 11.7. The fourth-order valence-electron chi connectivity index (χ4n) is 5.75. The van der Waals surface area contributed by atoms with E-state index in [9.17, 15) is 9.90 Å². The van der Waals surface area contributed by atoms with Crippen LogP contribution in [0.5, 0.6) is 11.5 Å².